The van der Waals surface area contributed by atoms with Crippen molar-refractivity contribution in [1.29, 1.82) is 0 Å². The van der Waals surface area contributed by atoms with Crippen LogP contribution in [0.15, 0.2) is 53.5 Å². The number of aryl methyl sites for hydroxylation is 1. The summed E-state index contributed by atoms with van der Waals surface area (Å²) in [6.07, 6.45) is 4.26. The van der Waals surface area contributed by atoms with Crippen LogP contribution >= 0.6 is 0 Å². The molecule has 0 aromatic heterocycles. The molecule has 0 fully saturated rings. The van der Waals surface area contributed by atoms with E-state index in [9.17, 15) is 0 Å². The molecule has 112 valence electrons. The molecule has 0 saturated heterocycles. The lowest BCUT2D eigenvalue weighted by Gasteiger charge is -2.09. The van der Waals surface area contributed by atoms with Crippen LogP contribution < -0.4 is 0 Å². The highest BCUT2D eigenvalue weighted by atomic mass is 16.5. The summed E-state index contributed by atoms with van der Waals surface area (Å²) in [6.45, 7) is 6.93. The van der Waals surface area contributed by atoms with Crippen LogP contribution in [-0.2, 0) is 4.74 Å². The van der Waals surface area contributed by atoms with E-state index in [4.69, 9.17) is 9.73 Å². The monoisotopic (exact) mass is 291 g/mol. The minimum atomic E-state index is -0.141. The van der Waals surface area contributed by atoms with Gasteiger partial charge in [0.1, 0.15) is 6.61 Å². The number of aliphatic imine (C=N–C) groups is 1. The average Bonchev–Trinajstić information content (AvgIpc) is 2.86. The summed E-state index contributed by atoms with van der Waals surface area (Å²) in [4.78, 5) is 4.73. The van der Waals surface area contributed by atoms with Gasteiger partial charge in [-0.25, -0.2) is 4.99 Å². The second-order valence-corrected chi connectivity index (χ2v) is 6.30. The molecule has 0 saturated carbocycles. The molecule has 0 atom stereocenters. The highest BCUT2D eigenvalue weighted by Crippen LogP contribution is 2.25. The van der Waals surface area contributed by atoms with E-state index >= 15 is 0 Å². The Hall–Kier alpha value is -2.35. The highest BCUT2D eigenvalue weighted by molar-refractivity contribution is 6.01. The van der Waals surface area contributed by atoms with Gasteiger partial charge in [0, 0.05) is 5.56 Å². The van der Waals surface area contributed by atoms with E-state index in [1.54, 1.807) is 0 Å². The Bertz CT molecular complexity index is 727. The largest absolute Gasteiger partial charge is 0.475 e. The molecule has 0 unspecified atom stereocenters. The van der Waals surface area contributed by atoms with E-state index in [0.717, 1.165) is 17.0 Å². The van der Waals surface area contributed by atoms with E-state index in [-0.39, 0.29) is 5.54 Å². The summed E-state index contributed by atoms with van der Waals surface area (Å²) >= 11 is 0. The zero-order valence-electron chi connectivity index (χ0n) is 13.3. The smallest absolute Gasteiger partial charge is 0.217 e. The van der Waals surface area contributed by atoms with Crippen LogP contribution in [0.4, 0.5) is 0 Å². The Morgan fingerprint density at radius 2 is 1.77 bits per heavy atom. The average molecular weight is 291 g/mol. The predicted molar refractivity (Wildman–Crippen MR) is 93.1 cm³/mol. The quantitative estimate of drug-likeness (QED) is 0.750. The number of nitrogens with zero attached hydrogens (tertiary/aromatic N) is 1. The Morgan fingerprint density at radius 1 is 1.00 bits per heavy atom. The molecule has 0 aliphatic carbocycles. The van der Waals surface area contributed by atoms with E-state index < -0.39 is 0 Å². The van der Waals surface area contributed by atoms with Gasteiger partial charge in [0.25, 0.3) is 0 Å². The molecule has 2 heteroatoms. The minimum absolute atomic E-state index is 0.141. The van der Waals surface area contributed by atoms with Gasteiger partial charge in [0.2, 0.25) is 5.90 Å². The maximum absolute atomic E-state index is 5.84. The van der Waals surface area contributed by atoms with Crippen LogP contribution in [0.5, 0.6) is 0 Å². The number of benzene rings is 2. The van der Waals surface area contributed by atoms with Crippen LogP contribution in [0.2, 0.25) is 0 Å². The molecule has 2 aromatic rings. The Morgan fingerprint density at radius 3 is 2.45 bits per heavy atom. The molecule has 0 radical (unpaired) electrons. The molecule has 22 heavy (non-hydrogen) atoms. The van der Waals surface area contributed by atoms with Gasteiger partial charge in [0.15, 0.2) is 0 Å². The van der Waals surface area contributed by atoms with Gasteiger partial charge in [-0.05, 0) is 37.5 Å². The van der Waals surface area contributed by atoms with Crippen molar-refractivity contribution in [2.45, 2.75) is 26.3 Å². The maximum Gasteiger partial charge on any atom is 0.217 e. The summed E-state index contributed by atoms with van der Waals surface area (Å²) in [7, 11) is 0. The predicted octanol–water partition coefficient (Wildman–Crippen LogP) is 4.72. The fourth-order valence-corrected chi connectivity index (χ4v) is 2.58. The Kier molecular flexibility index (Phi) is 3.84. The van der Waals surface area contributed by atoms with Crippen molar-refractivity contribution in [3.8, 4) is 0 Å². The van der Waals surface area contributed by atoms with E-state index in [0.29, 0.717) is 6.61 Å². The molecule has 1 aliphatic rings. The number of rotatable bonds is 3. The summed E-state index contributed by atoms with van der Waals surface area (Å²) in [5.74, 6) is 0.760. The molecule has 2 aromatic carbocycles. The summed E-state index contributed by atoms with van der Waals surface area (Å²) in [6, 6.07) is 16.6. The van der Waals surface area contributed by atoms with Gasteiger partial charge in [0.05, 0.1) is 5.54 Å². The molecule has 3 rings (SSSR count). The second-order valence-electron chi connectivity index (χ2n) is 6.30. The summed E-state index contributed by atoms with van der Waals surface area (Å²) in [5, 5.41) is 0. The molecule has 1 aliphatic heterocycles. The SMILES string of the molecule is Cc1cccc(C=Cc2ccccc2)c1C1=NC(C)(C)CO1. The van der Waals surface area contributed by atoms with Crippen LogP contribution in [0.3, 0.4) is 0 Å². The first-order chi connectivity index (χ1) is 10.6. The minimum Gasteiger partial charge on any atom is -0.475 e. The standard InChI is InChI=1S/C20H21NO/c1-15-8-7-11-17(13-12-16-9-5-4-6-10-16)18(15)19-21-20(2,3)14-22-19/h4-13H,14H2,1-3H3. The van der Waals surface area contributed by atoms with E-state index in [2.05, 4.69) is 63.3 Å². The van der Waals surface area contributed by atoms with Crippen LogP contribution in [0, 0.1) is 6.92 Å². The van der Waals surface area contributed by atoms with Gasteiger partial charge >= 0.3 is 0 Å². The first-order valence-corrected chi connectivity index (χ1v) is 7.61. The van der Waals surface area contributed by atoms with E-state index in [1.807, 2.05) is 18.2 Å². The molecule has 0 bridgehead atoms. The van der Waals surface area contributed by atoms with Crippen LogP contribution in [0.1, 0.15) is 36.1 Å². The van der Waals surface area contributed by atoms with Crippen molar-refractivity contribution < 1.29 is 4.74 Å². The number of ether oxygens (including phenoxy) is 1. The molecule has 0 spiro atoms. The second kappa shape index (κ2) is 5.80. The van der Waals surface area contributed by atoms with Crippen molar-refractivity contribution in [3.63, 3.8) is 0 Å². The fraction of sp³-hybridized carbons (Fsp3) is 0.250. The van der Waals surface area contributed by atoms with Crippen molar-refractivity contribution >= 4 is 18.0 Å². The molecular formula is C20H21NO. The normalized spacial score (nSPS) is 16.6. The lowest BCUT2D eigenvalue weighted by Crippen LogP contribution is -2.17. The lowest BCUT2D eigenvalue weighted by atomic mass is 10.0. The maximum atomic E-state index is 5.84. The van der Waals surface area contributed by atoms with Gasteiger partial charge in [-0.1, -0.05) is 60.7 Å². The Balaban J connectivity index is 1.99. The zero-order valence-corrected chi connectivity index (χ0v) is 13.3. The van der Waals surface area contributed by atoms with E-state index in [1.165, 1.54) is 11.1 Å². The highest BCUT2D eigenvalue weighted by Gasteiger charge is 2.28. The topological polar surface area (TPSA) is 21.6 Å². The Labute approximate surface area is 132 Å². The van der Waals surface area contributed by atoms with Crippen LogP contribution in [-0.4, -0.2) is 18.0 Å². The lowest BCUT2D eigenvalue weighted by molar-refractivity contribution is 0.279. The van der Waals surface area contributed by atoms with Crippen molar-refractivity contribution in [1.82, 2.24) is 0 Å². The van der Waals surface area contributed by atoms with Gasteiger partial charge < -0.3 is 4.74 Å². The van der Waals surface area contributed by atoms with Crippen molar-refractivity contribution in [2.24, 2.45) is 4.99 Å². The molecule has 0 amide bonds. The summed E-state index contributed by atoms with van der Waals surface area (Å²) < 4.78 is 5.84. The summed E-state index contributed by atoms with van der Waals surface area (Å²) in [5.41, 5.74) is 4.47. The van der Waals surface area contributed by atoms with Crippen LogP contribution in [0.25, 0.3) is 12.2 Å². The molecule has 2 nitrogen and oxygen atoms in total. The first kappa shape index (κ1) is 14.6. The first-order valence-electron chi connectivity index (χ1n) is 7.61. The van der Waals surface area contributed by atoms with Gasteiger partial charge in [-0.3, -0.25) is 0 Å². The molecule has 0 N–H and O–H groups in total. The van der Waals surface area contributed by atoms with Gasteiger partial charge in [-0.2, -0.15) is 0 Å². The number of hydrogen-bond donors (Lipinski definition) is 0. The third-order valence-corrected chi connectivity index (χ3v) is 3.74. The molecular weight excluding hydrogens is 270 g/mol. The third-order valence-electron chi connectivity index (χ3n) is 3.74. The molecule has 1 heterocycles. The third kappa shape index (κ3) is 3.11. The number of hydrogen-bond acceptors (Lipinski definition) is 2. The van der Waals surface area contributed by atoms with Gasteiger partial charge in [-0.15, -0.1) is 0 Å². The van der Waals surface area contributed by atoms with Crippen molar-refractivity contribution in [3.05, 3.63) is 70.8 Å². The zero-order chi connectivity index (χ0) is 15.6. The fourth-order valence-electron chi connectivity index (χ4n) is 2.58. The van der Waals surface area contributed by atoms with Crippen molar-refractivity contribution in [2.75, 3.05) is 6.61 Å².